The minimum Gasteiger partial charge on any atom is -0.491 e. The van der Waals surface area contributed by atoms with E-state index in [1.807, 2.05) is 37.4 Å². The summed E-state index contributed by atoms with van der Waals surface area (Å²) in [6.07, 6.45) is 0. The lowest BCUT2D eigenvalue weighted by molar-refractivity contribution is 0.102. The molecule has 0 fully saturated rings. The fourth-order valence-electron chi connectivity index (χ4n) is 1.72. The first-order chi connectivity index (χ1) is 9.61. The summed E-state index contributed by atoms with van der Waals surface area (Å²) < 4.78 is 5.57. The van der Waals surface area contributed by atoms with Crippen LogP contribution in [0.25, 0.3) is 10.4 Å². The van der Waals surface area contributed by atoms with E-state index in [0.717, 1.165) is 21.9 Å². The number of hydrogen-bond acceptors (Lipinski definition) is 4. The van der Waals surface area contributed by atoms with Crippen molar-refractivity contribution in [3.8, 4) is 16.2 Å². The SMILES string of the molecule is CNCCOc1ccc(-c2ccc(C(C)=O)s2)cc1Cl.Cl. The maximum Gasteiger partial charge on any atom is 0.169 e. The van der Waals surface area contributed by atoms with Crippen molar-refractivity contribution >= 4 is 41.1 Å². The molecule has 114 valence electrons. The molecular formula is C15H17Cl2NO2S. The Morgan fingerprint density at radius 3 is 2.67 bits per heavy atom. The summed E-state index contributed by atoms with van der Waals surface area (Å²) in [5.74, 6) is 0.758. The van der Waals surface area contributed by atoms with E-state index in [2.05, 4.69) is 5.32 Å². The second-order valence-corrected chi connectivity index (χ2v) is 5.81. The van der Waals surface area contributed by atoms with E-state index in [-0.39, 0.29) is 18.2 Å². The van der Waals surface area contributed by atoms with Gasteiger partial charge in [0, 0.05) is 11.4 Å². The molecule has 0 aliphatic heterocycles. The van der Waals surface area contributed by atoms with Crippen molar-refractivity contribution in [1.82, 2.24) is 5.32 Å². The molecule has 0 atom stereocenters. The molecule has 0 bridgehead atoms. The number of carbonyl (C=O) groups is 1. The maximum atomic E-state index is 11.3. The minimum absolute atomic E-state index is 0. The molecule has 0 unspecified atom stereocenters. The number of Topliss-reactive ketones (excluding diaryl/α,β-unsaturated/α-hetero) is 1. The highest BCUT2D eigenvalue weighted by Gasteiger charge is 2.09. The first kappa shape index (κ1) is 18.0. The number of ether oxygens (including phenoxy) is 1. The summed E-state index contributed by atoms with van der Waals surface area (Å²) in [5.41, 5.74) is 0.994. The second kappa shape index (κ2) is 8.39. The van der Waals surface area contributed by atoms with Crippen molar-refractivity contribution in [2.45, 2.75) is 6.92 Å². The third-order valence-corrected chi connectivity index (χ3v) is 4.31. The topological polar surface area (TPSA) is 38.3 Å². The molecule has 2 rings (SSSR count). The van der Waals surface area contributed by atoms with Gasteiger partial charge in [-0.05, 0) is 49.9 Å². The number of carbonyl (C=O) groups excluding carboxylic acids is 1. The largest absolute Gasteiger partial charge is 0.491 e. The maximum absolute atomic E-state index is 11.3. The lowest BCUT2D eigenvalue weighted by Gasteiger charge is -2.08. The standard InChI is InChI=1S/C15H16ClNO2S.ClH/c1-10(18)14-5-6-15(20-14)11-3-4-13(12(16)9-11)19-8-7-17-2;/h3-6,9,17H,7-8H2,1-2H3;1H. The van der Waals surface area contributed by atoms with Crippen LogP contribution in [0.15, 0.2) is 30.3 Å². The van der Waals surface area contributed by atoms with E-state index in [9.17, 15) is 4.79 Å². The van der Waals surface area contributed by atoms with Crippen LogP contribution in [0.2, 0.25) is 5.02 Å². The molecule has 2 aromatic rings. The van der Waals surface area contributed by atoms with Crippen LogP contribution in [0.3, 0.4) is 0 Å². The molecule has 0 amide bonds. The molecular weight excluding hydrogens is 329 g/mol. The lowest BCUT2D eigenvalue weighted by atomic mass is 10.2. The van der Waals surface area contributed by atoms with Crippen LogP contribution in [0.4, 0.5) is 0 Å². The van der Waals surface area contributed by atoms with Crippen LogP contribution in [0, 0.1) is 0 Å². The van der Waals surface area contributed by atoms with Gasteiger partial charge in [-0.25, -0.2) is 0 Å². The van der Waals surface area contributed by atoms with E-state index in [1.165, 1.54) is 11.3 Å². The summed E-state index contributed by atoms with van der Waals surface area (Å²) in [5, 5.41) is 3.59. The molecule has 1 N–H and O–H groups in total. The molecule has 21 heavy (non-hydrogen) atoms. The van der Waals surface area contributed by atoms with Gasteiger partial charge in [0.15, 0.2) is 5.78 Å². The van der Waals surface area contributed by atoms with E-state index in [0.29, 0.717) is 17.4 Å². The number of nitrogens with one attached hydrogen (secondary N) is 1. The van der Waals surface area contributed by atoms with Crippen LogP contribution in [0.5, 0.6) is 5.75 Å². The third-order valence-electron chi connectivity index (χ3n) is 2.78. The van der Waals surface area contributed by atoms with Gasteiger partial charge < -0.3 is 10.1 Å². The number of rotatable bonds is 6. The highest BCUT2D eigenvalue weighted by Crippen LogP contribution is 2.34. The van der Waals surface area contributed by atoms with Gasteiger partial charge in [0.25, 0.3) is 0 Å². The predicted molar refractivity (Wildman–Crippen MR) is 91.4 cm³/mol. The zero-order chi connectivity index (χ0) is 14.5. The van der Waals surface area contributed by atoms with Crippen molar-refractivity contribution in [2.75, 3.05) is 20.2 Å². The lowest BCUT2D eigenvalue weighted by Crippen LogP contribution is -2.16. The van der Waals surface area contributed by atoms with E-state index < -0.39 is 0 Å². The molecule has 3 nitrogen and oxygen atoms in total. The zero-order valence-electron chi connectivity index (χ0n) is 11.8. The van der Waals surface area contributed by atoms with Crippen molar-refractivity contribution in [3.63, 3.8) is 0 Å². The molecule has 0 aliphatic rings. The predicted octanol–water partition coefficient (Wildman–Crippen LogP) is 4.29. The van der Waals surface area contributed by atoms with Crippen LogP contribution < -0.4 is 10.1 Å². The molecule has 1 heterocycles. The van der Waals surface area contributed by atoms with Crippen molar-refractivity contribution < 1.29 is 9.53 Å². The van der Waals surface area contributed by atoms with Gasteiger partial charge in [0.1, 0.15) is 12.4 Å². The third kappa shape index (κ3) is 4.71. The van der Waals surface area contributed by atoms with E-state index in [4.69, 9.17) is 16.3 Å². The highest BCUT2D eigenvalue weighted by molar-refractivity contribution is 7.17. The number of likely N-dealkylation sites (N-methyl/N-ethyl adjacent to an activating group) is 1. The molecule has 1 aromatic heterocycles. The quantitative estimate of drug-likeness (QED) is 0.626. The summed E-state index contributed by atoms with van der Waals surface area (Å²) in [6.45, 7) is 2.91. The highest BCUT2D eigenvalue weighted by atomic mass is 35.5. The van der Waals surface area contributed by atoms with Crippen LogP contribution in [-0.4, -0.2) is 26.0 Å². The molecule has 0 aliphatic carbocycles. The van der Waals surface area contributed by atoms with Crippen LogP contribution in [0.1, 0.15) is 16.6 Å². The average Bonchev–Trinajstić information content (AvgIpc) is 2.90. The van der Waals surface area contributed by atoms with Crippen molar-refractivity contribution in [3.05, 3.63) is 40.2 Å². The summed E-state index contributed by atoms with van der Waals surface area (Å²) in [7, 11) is 1.87. The fraction of sp³-hybridized carbons (Fsp3) is 0.267. The Bertz CT molecular complexity index is 613. The monoisotopic (exact) mass is 345 g/mol. The number of benzene rings is 1. The first-order valence-corrected chi connectivity index (χ1v) is 7.49. The second-order valence-electron chi connectivity index (χ2n) is 4.32. The Morgan fingerprint density at radius 1 is 1.33 bits per heavy atom. The Morgan fingerprint density at radius 2 is 2.10 bits per heavy atom. The summed E-state index contributed by atoms with van der Waals surface area (Å²) >= 11 is 7.69. The van der Waals surface area contributed by atoms with Crippen molar-refractivity contribution in [2.24, 2.45) is 0 Å². The molecule has 0 spiro atoms. The average molecular weight is 346 g/mol. The van der Waals surface area contributed by atoms with Gasteiger partial charge in [0.05, 0.1) is 9.90 Å². The number of ketones is 1. The Labute approximate surface area is 139 Å². The normalized spacial score (nSPS) is 10.0. The Hall–Kier alpha value is -1.07. The first-order valence-electron chi connectivity index (χ1n) is 6.30. The van der Waals surface area contributed by atoms with E-state index in [1.54, 1.807) is 6.92 Å². The number of halogens is 2. The summed E-state index contributed by atoms with van der Waals surface area (Å²) in [6, 6.07) is 9.46. The van der Waals surface area contributed by atoms with E-state index >= 15 is 0 Å². The molecule has 1 aromatic carbocycles. The summed E-state index contributed by atoms with van der Waals surface area (Å²) in [4.78, 5) is 13.1. The van der Waals surface area contributed by atoms with Gasteiger partial charge in [-0.3, -0.25) is 4.79 Å². The van der Waals surface area contributed by atoms with Gasteiger partial charge >= 0.3 is 0 Å². The van der Waals surface area contributed by atoms with Gasteiger partial charge in [-0.15, -0.1) is 23.7 Å². The minimum atomic E-state index is 0. The molecule has 0 radical (unpaired) electrons. The Kier molecular flexibility index (Phi) is 7.18. The number of hydrogen-bond donors (Lipinski definition) is 1. The van der Waals surface area contributed by atoms with Crippen molar-refractivity contribution in [1.29, 1.82) is 0 Å². The molecule has 6 heteroatoms. The molecule has 0 saturated carbocycles. The van der Waals surface area contributed by atoms with Crippen LogP contribution in [-0.2, 0) is 0 Å². The smallest absolute Gasteiger partial charge is 0.169 e. The zero-order valence-corrected chi connectivity index (χ0v) is 14.2. The van der Waals surface area contributed by atoms with Crippen LogP contribution >= 0.6 is 35.3 Å². The molecule has 0 saturated heterocycles. The van der Waals surface area contributed by atoms with Gasteiger partial charge in [0.2, 0.25) is 0 Å². The Balaban J connectivity index is 0.00000220. The van der Waals surface area contributed by atoms with Gasteiger partial charge in [-0.1, -0.05) is 11.6 Å². The fourth-order valence-corrected chi connectivity index (χ4v) is 2.85. The van der Waals surface area contributed by atoms with Gasteiger partial charge in [-0.2, -0.15) is 0 Å². The number of thiophene rings is 1.